The predicted octanol–water partition coefficient (Wildman–Crippen LogP) is 3.18. The van der Waals surface area contributed by atoms with Gasteiger partial charge >= 0.3 is 12.1 Å². The molecule has 0 fully saturated rings. The average molecular weight is 393 g/mol. The zero-order chi connectivity index (χ0) is 21.0. The number of hydrogen-bond acceptors (Lipinski definition) is 4. The number of aliphatic hydroxyl groups excluding tert-OH is 1. The maximum Gasteiger partial charge on any atom is 0.490 e. The smallest absolute Gasteiger partial charge is 0.475 e. The summed E-state index contributed by atoms with van der Waals surface area (Å²) in [6, 6.07) is 8.68. The SMILES string of the molecule is Cc1ccccc1CC(CO)CNC(C)COC(C)C.O=C(O)C(F)(F)F. The summed E-state index contributed by atoms with van der Waals surface area (Å²) in [5.74, 6) is -2.51. The minimum absolute atomic E-state index is 0.207. The highest BCUT2D eigenvalue weighted by molar-refractivity contribution is 5.73. The highest BCUT2D eigenvalue weighted by Gasteiger charge is 2.38. The van der Waals surface area contributed by atoms with E-state index in [1.165, 1.54) is 11.1 Å². The molecule has 1 aromatic rings. The molecule has 0 aromatic heterocycles. The van der Waals surface area contributed by atoms with Crippen LogP contribution < -0.4 is 5.32 Å². The van der Waals surface area contributed by atoms with Crippen LogP contribution in [0, 0.1) is 12.8 Å². The Morgan fingerprint density at radius 2 is 1.78 bits per heavy atom. The molecule has 2 unspecified atom stereocenters. The minimum atomic E-state index is -5.08. The first-order chi connectivity index (χ1) is 12.5. The number of aliphatic carboxylic acids is 1. The third-order valence-corrected chi connectivity index (χ3v) is 3.71. The predicted molar refractivity (Wildman–Crippen MR) is 97.7 cm³/mol. The Morgan fingerprint density at radius 3 is 2.22 bits per heavy atom. The number of carbonyl (C=O) groups is 1. The van der Waals surface area contributed by atoms with E-state index in [1.54, 1.807) is 0 Å². The number of nitrogens with one attached hydrogen (secondary N) is 1. The number of aliphatic hydroxyl groups is 1. The third kappa shape index (κ3) is 12.4. The van der Waals surface area contributed by atoms with Crippen molar-refractivity contribution in [2.75, 3.05) is 19.8 Å². The highest BCUT2D eigenvalue weighted by atomic mass is 19.4. The monoisotopic (exact) mass is 393 g/mol. The fourth-order valence-corrected chi connectivity index (χ4v) is 2.11. The number of carboxylic acid groups (broad SMARTS) is 1. The Balaban J connectivity index is 0.000000821. The largest absolute Gasteiger partial charge is 0.490 e. The number of rotatable bonds is 9. The van der Waals surface area contributed by atoms with Crippen molar-refractivity contribution in [3.05, 3.63) is 35.4 Å². The Labute approximate surface area is 158 Å². The van der Waals surface area contributed by atoms with Crippen molar-refractivity contribution in [1.82, 2.24) is 5.32 Å². The van der Waals surface area contributed by atoms with Crippen LogP contribution in [0.2, 0.25) is 0 Å². The van der Waals surface area contributed by atoms with Crippen LogP contribution in [-0.2, 0) is 16.0 Å². The molecule has 1 rings (SSSR count). The lowest BCUT2D eigenvalue weighted by molar-refractivity contribution is -0.192. The highest BCUT2D eigenvalue weighted by Crippen LogP contribution is 2.13. The van der Waals surface area contributed by atoms with Gasteiger partial charge < -0.3 is 20.3 Å². The minimum Gasteiger partial charge on any atom is -0.475 e. The van der Waals surface area contributed by atoms with Gasteiger partial charge in [0.1, 0.15) is 0 Å². The number of halogens is 3. The van der Waals surface area contributed by atoms with Crippen LogP contribution in [0.25, 0.3) is 0 Å². The van der Waals surface area contributed by atoms with E-state index >= 15 is 0 Å². The zero-order valence-electron chi connectivity index (χ0n) is 16.2. The quantitative estimate of drug-likeness (QED) is 0.601. The molecular weight excluding hydrogens is 363 g/mol. The van der Waals surface area contributed by atoms with Crippen LogP contribution in [0.5, 0.6) is 0 Å². The first-order valence-electron chi connectivity index (χ1n) is 8.77. The van der Waals surface area contributed by atoms with Crippen LogP contribution >= 0.6 is 0 Å². The van der Waals surface area contributed by atoms with Gasteiger partial charge in [0.15, 0.2) is 0 Å². The van der Waals surface area contributed by atoms with Crippen molar-refractivity contribution in [2.24, 2.45) is 5.92 Å². The molecule has 0 saturated heterocycles. The first kappa shape index (κ1) is 25.4. The van der Waals surface area contributed by atoms with E-state index in [4.69, 9.17) is 14.6 Å². The Morgan fingerprint density at radius 1 is 1.22 bits per heavy atom. The fraction of sp³-hybridized carbons (Fsp3) is 0.632. The molecule has 8 heteroatoms. The number of benzene rings is 1. The molecule has 0 aliphatic heterocycles. The Hall–Kier alpha value is -1.64. The van der Waals surface area contributed by atoms with E-state index in [1.807, 2.05) is 13.8 Å². The Kier molecular flexibility index (Phi) is 11.9. The summed E-state index contributed by atoms with van der Waals surface area (Å²) in [6.45, 7) is 10.1. The van der Waals surface area contributed by atoms with E-state index in [2.05, 4.69) is 43.4 Å². The van der Waals surface area contributed by atoms with Crippen molar-refractivity contribution in [2.45, 2.75) is 52.4 Å². The fourth-order valence-electron chi connectivity index (χ4n) is 2.11. The summed E-state index contributed by atoms with van der Waals surface area (Å²) >= 11 is 0. The van der Waals surface area contributed by atoms with Gasteiger partial charge in [0, 0.05) is 19.2 Å². The van der Waals surface area contributed by atoms with Crippen LogP contribution in [0.1, 0.15) is 31.9 Å². The topological polar surface area (TPSA) is 78.8 Å². The number of ether oxygens (including phenoxy) is 1. The van der Waals surface area contributed by atoms with Crippen molar-refractivity contribution >= 4 is 5.97 Å². The molecular formula is C19H30F3NO4. The van der Waals surface area contributed by atoms with Gasteiger partial charge in [-0.25, -0.2) is 4.79 Å². The second-order valence-corrected chi connectivity index (χ2v) is 6.67. The zero-order valence-corrected chi connectivity index (χ0v) is 16.2. The molecule has 0 bridgehead atoms. The van der Waals surface area contributed by atoms with Gasteiger partial charge in [-0.3, -0.25) is 0 Å². The molecule has 0 aliphatic carbocycles. The van der Waals surface area contributed by atoms with Crippen molar-refractivity contribution in [3.63, 3.8) is 0 Å². The normalized spacial score (nSPS) is 13.7. The standard InChI is InChI=1S/C17H29NO2.C2HF3O2/c1-13(2)20-12-15(4)18-10-16(11-19)9-17-8-6-5-7-14(17)3;3-2(4,5)1(6)7/h5-8,13,15-16,18-19H,9-12H2,1-4H3;(H,6,7). The molecule has 0 spiro atoms. The molecule has 5 nitrogen and oxygen atoms in total. The summed E-state index contributed by atoms with van der Waals surface area (Å²) in [5.41, 5.74) is 2.61. The summed E-state index contributed by atoms with van der Waals surface area (Å²) in [7, 11) is 0. The molecule has 0 radical (unpaired) electrons. The molecule has 0 amide bonds. The second kappa shape index (κ2) is 12.7. The summed E-state index contributed by atoms with van der Waals surface area (Å²) in [4.78, 5) is 8.90. The number of carboxylic acids is 1. The van der Waals surface area contributed by atoms with E-state index in [0.29, 0.717) is 12.6 Å². The van der Waals surface area contributed by atoms with Crippen LogP contribution in [0.15, 0.2) is 24.3 Å². The van der Waals surface area contributed by atoms with Gasteiger partial charge in [-0.15, -0.1) is 0 Å². The summed E-state index contributed by atoms with van der Waals surface area (Å²) in [5, 5.41) is 20.1. The maximum absolute atomic E-state index is 10.6. The van der Waals surface area contributed by atoms with Gasteiger partial charge in [0.05, 0.1) is 12.7 Å². The molecule has 0 heterocycles. The number of hydrogen-bond donors (Lipinski definition) is 3. The molecule has 156 valence electrons. The van der Waals surface area contributed by atoms with Crippen LogP contribution in [-0.4, -0.2) is 54.3 Å². The van der Waals surface area contributed by atoms with E-state index < -0.39 is 12.1 Å². The van der Waals surface area contributed by atoms with Crippen LogP contribution in [0.3, 0.4) is 0 Å². The Bertz CT molecular complexity index is 550. The van der Waals surface area contributed by atoms with Gasteiger partial charge in [0.2, 0.25) is 0 Å². The first-order valence-corrected chi connectivity index (χ1v) is 8.77. The third-order valence-electron chi connectivity index (χ3n) is 3.71. The summed E-state index contributed by atoms with van der Waals surface area (Å²) in [6.07, 6.45) is -3.91. The average Bonchev–Trinajstić information content (AvgIpc) is 2.58. The molecule has 3 N–H and O–H groups in total. The van der Waals surface area contributed by atoms with Crippen molar-refractivity contribution in [3.8, 4) is 0 Å². The molecule has 0 aliphatic rings. The van der Waals surface area contributed by atoms with E-state index in [0.717, 1.165) is 13.0 Å². The van der Waals surface area contributed by atoms with Gasteiger partial charge in [-0.2, -0.15) is 13.2 Å². The lowest BCUT2D eigenvalue weighted by Gasteiger charge is -2.21. The van der Waals surface area contributed by atoms with Crippen molar-refractivity contribution < 1.29 is 32.9 Å². The molecule has 0 saturated carbocycles. The van der Waals surface area contributed by atoms with Gasteiger partial charge in [-0.1, -0.05) is 24.3 Å². The molecule has 1 aromatic carbocycles. The molecule has 2 atom stereocenters. The van der Waals surface area contributed by atoms with E-state index in [-0.39, 0.29) is 18.6 Å². The lowest BCUT2D eigenvalue weighted by Crippen LogP contribution is -2.36. The number of aryl methyl sites for hydroxylation is 1. The van der Waals surface area contributed by atoms with Crippen LogP contribution in [0.4, 0.5) is 13.2 Å². The summed E-state index contributed by atoms with van der Waals surface area (Å²) < 4.78 is 37.3. The van der Waals surface area contributed by atoms with Gasteiger partial charge in [0.25, 0.3) is 0 Å². The van der Waals surface area contributed by atoms with Crippen molar-refractivity contribution in [1.29, 1.82) is 0 Å². The maximum atomic E-state index is 10.6. The van der Waals surface area contributed by atoms with Gasteiger partial charge in [-0.05, 0) is 51.2 Å². The lowest BCUT2D eigenvalue weighted by atomic mass is 9.96. The molecule has 27 heavy (non-hydrogen) atoms. The second-order valence-electron chi connectivity index (χ2n) is 6.67. The van der Waals surface area contributed by atoms with E-state index in [9.17, 15) is 18.3 Å². The number of alkyl halides is 3.